The van der Waals surface area contributed by atoms with Gasteiger partial charge in [-0.05, 0) is 34.3 Å². The predicted octanol–water partition coefficient (Wildman–Crippen LogP) is 1.53. The molecule has 2 aromatic heterocycles. The van der Waals surface area contributed by atoms with Gasteiger partial charge in [0.15, 0.2) is 0 Å². The molecule has 0 aromatic carbocycles. The van der Waals surface area contributed by atoms with Crippen LogP contribution in [0.25, 0.3) is 0 Å². The van der Waals surface area contributed by atoms with E-state index in [0.717, 1.165) is 11.3 Å². The third-order valence-electron chi connectivity index (χ3n) is 2.11. The molecule has 2 aromatic rings. The van der Waals surface area contributed by atoms with Gasteiger partial charge in [0.25, 0.3) is 21.8 Å². The molecule has 10 heteroatoms. The second-order valence-corrected chi connectivity index (χ2v) is 6.71. The first-order chi connectivity index (χ1) is 8.83. The number of thiophene rings is 1. The quantitative estimate of drug-likeness (QED) is 0.882. The molecule has 0 saturated heterocycles. The van der Waals surface area contributed by atoms with Crippen LogP contribution in [0, 0.1) is 6.92 Å². The number of nitrogens with zero attached hydrogens (tertiary/aromatic N) is 2. The van der Waals surface area contributed by atoms with Crippen LogP contribution in [-0.2, 0) is 10.0 Å². The van der Waals surface area contributed by atoms with Crippen molar-refractivity contribution in [3.05, 3.63) is 26.5 Å². The summed E-state index contributed by atoms with van der Waals surface area (Å²) >= 11 is 4.04. The van der Waals surface area contributed by atoms with E-state index in [1.54, 1.807) is 6.92 Å². The third-order valence-corrected chi connectivity index (χ3v) is 5.38. The number of sulfonamides is 1. The second kappa shape index (κ2) is 4.94. The number of amides is 1. The standard InChI is InChI=1S/C9H7BrN3O4S2/c1-4-6(10)9(17-12-4)13-19(15,16)5-2-3-18-7(5)8(11)14/h2-3H,1H3,(H2,11,14). The smallest absolute Gasteiger partial charge is 0.287 e. The van der Waals surface area contributed by atoms with Gasteiger partial charge in [-0.3, -0.25) is 4.79 Å². The van der Waals surface area contributed by atoms with E-state index in [2.05, 4.69) is 25.8 Å². The lowest BCUT2D eigenvalue weighted by atomic mass is 10.4. The van der Waals surface area contributed by atoms with Crippen molar-refractivity contribution in [1.82, 2.24) is 9.88 Å². The summed E-state index contributed by atoms with van der Waals surface area (Å²) in [6.45, 7) is 1.62. The molecule has 0 aliphatic carbocycles. The zero-order chi connectivity index (χ0) is 14.2. The summed E-state index contributed by atoms with van der Waals surface area (Å²) in [4.78, 5) is 10.8. The van der Waals surface area contributed by atoms with Gasteiger partial charge in [-0.15, -0.1) is 16.1 Å². The summed E-state index contributed by atoms with van der Waals surface area (Å²) in [5, 5.41) is 5.02. The zero-order valence-corrected chi connectivity index (χ0v) is 12.7. The maximum Gasteiger partial charge on any atom is 0.287 e. The highest BCUT2D eigenvalue weighted by molar-refractivity contribution is 9.10. The van der Waals surface area contributed by atoms with Crippen molar-refractivity contribution in [2.24, 2.45) is 5.73 Å². The van der Waals surface area contributed by atoms with Gasteiger partial charge in [0.2, 0.25) is 0 Å². The average molecular weight is 365 g/mol. The highest BCUT2D eigenvalue weighted by Gasteiger charge is 2.27. The van der Waals surface area contributed by atoms with Crippen LogP contribution in [0.1, 0.15) is 15.4 Å². The molecule has 19 heavy (non-hydrogen) atoms. The number of primary amides is 1. The van der Waals surface area contributed by atoms with Crippen molar-refractivity contribution in [2.45, 2.75) is 11.8 Å². The fraction of sp³-hybridized carbons (Fsp3) is 0.111. The molecular weight excluding hydrogens is 358 g/mol. The molecule has 0 saturated carbocycles. The fourth-order valence-electron chi connectivity index (χ4n) is 1.24. The molecular formula is C9H7BrN3O4S2. The maximum absolute atomic E-state index is 12.1. The van der Waals surface area contributed by atoms with Gasteiger partial charge >= 0.3 is 0 Å². The number of hydrogen-bond donors (Lipinski definition) is 1. The van der Waals surface area contributed by atoms with Gasteiger partial charge in [-0.2, -0.15) is 8.42 Å². The van der Waals surface area contributed by atoms with Crippen molar-refractivity contribution < 1.29 is 17.7 Å². The molecule has 0 atom stereocenters. The van der Waals surface area contributed by atoms with Crippen LogP contribution in [0.2, 0.25) is 0 Å². The Bertz CT molecular complexity index is 734. The first kappa shape index (κ1) is 14.0. The minimum Gasteiger partial charge on any atom is -0.365 e. The lowest BCUT2D eigenvalue weighted by molar-refractivity contribution is 0.100. The minimum absolute atomic E-state index is 0.0730. The van der Waals surface area contributed by atoms with Crippen LogP contribution in [0.4, 0.5) is 5.88 Å². The number of carbonyl (C=O) groups is 1. The summed E-state index contributed by atoms with van der Waals surface area (Å²) in [6.07, 6.45) is 0. The Morgan fingerprint density at radius 2 is 2.26 bits per heavy atom. The molecule has 0 bridgehead atoms. The molecule has 0 fully saturated rings. The van der Waals surface area contributed by atoms with Crippen LogP contribution in [-0.4, -0.2) is 19.5 Å². The molecule has 2 rings (SSSR count). The Labute approximate surface area is 121 Å². The molecule has 0 spiro atoms. The molecule has 0 aliphatic rings. The summed E-state index contributed by atoms with van der Waals surface area (Å²) < 4.78 is 32.8. The van der Waals surface area contributed by atoms with Gasteiger partial charge in [-0.25, -0.2) is 0 Å². The monoisotopic (exact) mass is 364 g/mol. The van der Waals surface area contributed by atoms with Gasteiger partial charge < -0.3 is 10.3 Å². The molecule has 1 radical (unpaired) electrons. The number of aromatic nitrogens is 1. The highest BCUT2D eigenvalue weighted by atomic mass is 79.9. The van der Waals surface area contributed by atoms with Crippen molar-refractivity contribution >= 4 is 49.1 Å². The summed E-state index contributed by atoms with van der Waals surface area (Å²) in [5.74, 6) is -1.00. The van der Waals surface area contributed by atoms with Crippen LogP contribution in [0.5, 0.6) is 0 Å². The van der Waals surface area contributed by atoms with E-state index in [9.17, 15) is 13.2 Å². The van der Waals surface area contributed by atoms with E-state index in [-0.39, 0.29) is 15.7 Å². The van der Waals surface area contributed by atoms with E-state index in [1.165, 1.54) is 11.4 Å². The van der Waals surface area contributed by atoms with Gasteiger partial charge in [0.1, 0.15) is 14.2 Å². The Balaban J connectivity index is 2.41. The van der Waals surface area contributed by atoms with E-state index in [1.807, 2.05) is 0 Å². The summed E-state index contributed by atoms with van der Waals surface area (Å²) in [5.41, 5.74) is 5.57. The van der Waals surface area contributed by atoms with Crippen molar-refractivity contribution in [2.75, 3.05) is 0 Å². The number of aryl methyl sites for hydroxylation is 1. The molecule has 0 aliphatic heterocycles. The Kier molecular flexibility index (Phi) is 3.65. The highest BCUT2D eigenvalue weighted by Crippen LogP contribution is 2.29. The Morgan fingerprint density at radius 3 is 2.79 bits per heavy atom. The minimum atomic E-state index is -4.08. The molecule has 0 unspecified atom stereocenters. The van der Waals surface area contributed by atoms with Gasteiger partial charge in [0.05, 0.1) is 5.69 Å². The topological polar surface area (TPSA) is 117 Å². The zero-order valence-electron chi connectivity index (χ0n) is 9.45. The molecule has 101 valence electrons. The average Bonchev–Trinajstić information content (AvgIpc) is 2.91. The molecule has 1 amide bonds. The van der Waals surface area contributed by atoms with Crippen LogP contribution in [0.3, 0.4) is 0 Å². The Morgan fingerprint density at radius 1 is 1.58 bits per heavy atom. The van der Waals surface area contributed by atoms with E-state index < -0.39 is 15.9 Å². The number of nitrogens with two attached hydrogens (primary N) is 1. The number of rotatable bonds is 4. The predicted molar refractivity (Wildman–Crippen MR) is 70.8 cm³/mol. The number of carbonyl (C=O) groups excluding carboxylic acids is 1. The van der Waals surface area contributed by atoms with Crippen LogP contribution in [0.15, 0.2) is 25.3 Å². The normalized spacial score (nSPS) is 11.5. The largest absolute Gasteiger partial charge is 0.365 e. The summed E-state index contributed by atoms with van der Waals surface area (Å²) in [7, 11) is -4.08. The van der Waals surface area contributed by atoms with E-state index in [4.69, 9.17) is 10.3 Å². The lowest BCUT2D eigenvalue weighted by Gasteiger charge is -2.01. The molecule has 2 heterocycles. The van der Waals surface area contributed by atoms with Crippen LogP contribution < -0.4 is 10.5 Å². The van der Waals surface area contributed by atoms with Gasteiger partial charge in [0, 0.05) is 0 Å². The SMILES string of the molecule is Cc1noc([N]S(=O)(=O)c2ccsc2C(N)=O)c1Br. The number of halogens is 1. The Hall–Kier alpha value is -1.39. The third kappa shape index (κ3) is 2.65. The van der Waals surface area contributed by atoms with E-state index >= 15 is 0 Å². The second-order valence-electron chi connectivity index (χ2n) is 3.43. The van der Waals surface area contributed by atoms with Crippen molar-refractivity contribution in [3.8, 4) is 0 Å². The fourth-order valence-corrected chi connectivity index (χ4v) is 3.80. The molecule has 7 nitrogen and oxygen atoms in total. The van der Waals surface area contributed by atoms with Crippen molar-refractivity contribution in [1.29, 1.82) is 0 Å². The molecule has 2 N–H and O–H groups in total. The van der Waals surface area contributed by atoms with Crippen molar-refractivity contribution in [3.63, 3.8) is 0 Å². The van der Waals surface area contributed by atoms with Gasteiger partial charge in [-0.1, -0.05) is 5.16 Å². The first-order valence-corrected chi connectivity index (χ1v) is 7.91. The van der Waals surface area contributed by atoms with E-state index in [0.29, 0.717) is 10.2 Å². The number of hydrogen-bond acceptors (Lipinski definition) is 6. The maximum atomic E-state index is 12.1. The summed E-state index contributed by atoms with van der Waals surface area (Å²) in [6, 6.07) is 1.26. The first-order valence-electron chi connectivity index (χ1n) is 4.80. The van der Waals surface area contributed by atoms with Crippen LogP contribution >= 0.6 is 27.3 Å². The lowest BCUT2D eigenvalue weighted by Crippen LogP contribution is -2.17.